The molecule has 0 amide bonds. The van der Waals surface area contributed by atoms with Gasteiger partial charge >= 0.3 is 0 Å². The molecule has 2 nitrogen and oxygen atoms in total. The van der Waals surface area contributed by atoms with E-state index in [1.807, 2.05) is 0 Å². The summed E-state index contributed by atoms with van der Waals surface area (Å²) in [7, 11) is 0. The molecule has 0 spiro atoms. The highest BCUT2D eigenvalue weighted by molar-refractivity contribution is 5.28. The van der Waals surface area contributed by atoms with E-state index in [9.17, 15) is 0 Å². The first-order valence-electron chi connectivity index (χ1n) is 8.39. The Kier molecular flexibility index (Phi) is 4.74. The van der Waals surface area contributed by atoms with Crippen molar-refractivity contribution < 1.29 is 0 Å². The summed E-state index contributed by atoms with van der Waals surface area (Å²) < 4.78 is 0. The first kappa shape index (κ1) is 14.1. The first-order chi connectivity index (χ1) is 9.88. The van der Waals surface area contributed by atoms with Crippen LogP contribution in [0.15, 0.2) is 24.3 Å². The second-order valence-electron chi connectivity index (χ2n) is 6.51. The number of nitrogens with zero attached hydrogens (tertiary/aromatic N) is 1. The van der Waals surface area contributed by atoms with Crippen molar-refractivity contribution in [2.24, 2.45) is 11.7 Å². The van der Waals surface area contributed by atoms with Crippen LogP contribution in [0.2, 0.25) is 0 Å². The fourth-order valence-electron chi connectivity index (χ4n) is 4.14. The lowest BCUT2D eigenvalue weighted by Crippen LogP contribution is -2.44. The van der Waals surface area contributed by atoms with Crippen LogP contribution in [0.25, 0.3) is 0 Å². The van der Waals surface area contributed by atoms with Crippen LogP contribution in [0.5, 0.6) is 0 Å². The van der Waals surface area contributed by atoms with E-state index in [4.69, 9.17) is 5.73 Å². The van der Waals surface area contributed by atoms with Gasteiger partial charge in [-0.3, -0.25) is 4.90 Å². The third-order valence-electron chi connectivity index (χ3n) is 5.35. The van der Waals surface area contributed by atoms with E-state index in [0.717, 1.165) is 18.5 Å². The topological polar surface area (TPSA) is 29.3 Å². The summed E-state index contributed by atoms with van der Waals surface area (Å²) in [6.45, 7) is 3.31. The maximum atomic E-state index is 6.07. The molecule has 1 aliphatic heterocycles. The Morgan fingerprint density at radius 2 is 1.60 bits per heavy atom. The number of nitrogens with two attached hydrogens (primary N) is 1. The summed E-state index contributed by atoms with van der Waals surface area (Å²) in [5.74, 6) is 0.721. The van der Waals surface area contributed by atoms with Crippen molar-refractivity contribution in [1.82, 2.24) is 4.90 Å². The van der Waals surface area contributed by atoms with Crippen molar-refractivity contribution in [2.75, 3.05) is 19.6 Å². The van der Waals surface area contributed by atoms with Gasteiger partial charge in [-0.05, 0) is 49.3 Å². The first-order valence-corrected chi connectivity index (χ1v) is 8.39. The molecule has 0 bridgehead atoms. The van der Waals surface area contributed by atoms with E-state index in [-0.39, 0.29) is 0 Å². The molecule has 1 aliphatic carbocycles. The predicted octanol–water partition coefficient (Wildman–Crippen LogP) is 2.99. The van der Waals surface area contributed by atoms with Gasteiger partial charge < -0.3 is 5.73 Å². The van der Waals surface area contributed by atoms with Gasteiger partial charge in [0.2, 0.25) is 0 Å². The summed E-state index contributed by atoms with van der Waals surface area (Å²) in [4.78, 5) is 2.75. The zero-order valence-electron chi connectivity index (χ0n) is 12.6. The summed E-state index contributed by atoms with van der Waals surface area (Å²) in [6.07, 6.45) is 9.30. The van der Waals surface area contributed by atoms with Crippen molar-refractivity contribution >= 4 is 0 Å². The lowest BCUT2D eigenvalue weighted by Gasteiger charge is -2.35. The molecule has 1 aromatic rings. The SMILES string of the molecule is NCC1CCCCCC1N1CCc2ccccc2CC1. The zero-order chi connectivity index (χ0) is 13.8. The maximum Gasteiger partial charge on any atom is 0.0136 e. The molecule has 3 rings (SSSR count). The molecule has 2 atom stereocenters. The molecule has 1 fully saturated rings. The molecule has 2 N–H and O–H groups in total. The van der Waals surface area contributed by atoms with Crippen LogP contribution in [-0.4, -0.2) is 30.6 Å². The van der Waals surface area contributed by atoms with Crippen LogP contribution >= 0.6 is 0 Å². The van der Waals surface area contributed by atoms with Gasteiger partial charge in [0.1, 0.15) is 0 Å². The molecule has 2 aliphatic rings. The van der Waals surface area contributed by atoms with Crippen LogP contribution in [0.1, 0.15) is 43.2 Å². The Hall–Kier alpha value is -0.860. The van der Waals surface area contributed by atoms with Crippen molar-refractivity contribution in [3.05, 3.63) is 35.4 Å². The van der Waals surface area contributed by atoms with E-state index in [0.29, 0.717) is 0 Å². The van der Waals surface area contributed by atoms with E-state index in [1.165, 1.54) is 58.0 Å². The summed E-state index contributed by atoms with van der Waals surface area (Å²) in [5, 5.41) is 0. The highest BCUT2D eigenvalue weighted by Crippen LogP contribution is 2.28. The van der Waals surface area contributed by atoms with Gasteiger partial charge in [0.25, 0.3) is 0 Å². The summed E-state index contributed by atoms with van der Waals surface area (Å²) in [5.41, 5.74) is 9.19. The number of rotatable bonds is 2. The van der Waals surface area contributed by atoms with Crippen LogP contribution < -0.4 is 5.73 Å². The molecule has 0 saturated heterocycles. The number of fused-ring (bicyclic) bond motifs is 1. The maximum absolute atomic E-state index is 6.07. The molecule has 0 radical (unpaired) electrons. The number of hydrogen-bond acceptors (Lipinski definition) is 2. The van der Waals surface area contributed by atoms with E-state index in [1.54, 1.807) is 11.1 Å². The van der Waals surface area contributed by atoms with Gasteiger partial charge in [0, 0.05) is 19.1 Å². The Bertz CT molecular complexity index is 402. The lowest BCUT2D eigenvalue weighted by molar-refractivity contribution is 0.141. The average Bonchev–Trinajstić information content (AvgIpc) is 2.85. The van der Waals surface area contributed by atoms with Gasteiger partial charge in [0.05, 0.1) is 0 Å². The van der Waals surface area contributed by atoms with Gasteiger partial charge in [-0.15, -0.1) is 0 Å². The van der Waals surface area contributed by atoms with E-state index < -0.39 is 0 Å². The molecular weight excluding hydrogens is 244 g/mol. The quantitative estimate of drug-likeness (QED) is 0.839. The third kappa shape index (κ3) is 3.07. The zero-order valence-corrected chi connectivity index (χ0v) is 12.6. The molecule has 110 valence electrons. The van der Waals surface area contributed by atoms with Crippen molar-refractivity contribution in [3.63, 3.8) is 0 Å². The van der Waals surface area contributed by atoms with Crippen LogP contribution in [-0.2, 0) is 12.8 Å². The van der Waals surface area contributed by atoms with Gasteiger partial charge in [-0.25, -0.2) is 0 Å². The normalized spacial score (nSPS) is 28.4. The standard InChI is InChI=1S/C18H28N2/c19-14-17-8-2-1-3-9-18(17)20-12-10-15-6-4-5-7-16(15)11-13-20/h4-7,17-18H,1-3,8-14,19H2. The molecular formula is C18H28N2. The third-order valence-corrected chi connectivity index (χ3v) is 5.35. The fourth-order valence-corrected chi connectivity index (χ4v) is 4.14. The molecule has 0 aromatic heterocycles. The van der Waals surface area contributed by atoms with E-state index in [2.05, 4.69) is 29.2 Å². The second-order valence-corrected chi connectivity index (χ2v) is 6.51. The molecule has 2 heteroatoms. The van der Waals surface area contributed by atoms with E-state index >= 15 is 0 Å². The largest absolute Gasteiger partial charge is 0.330 e. The van der Waals surface area contributed by atoms with Gasteiger partial charge in [-0.2, -0.15) is 0 Å². The summed E-state index contributed by atoms with van der Waals surface area (Å²) in [6, 6.07) is 9.72. The van der Waals surface area contributed by atoms with Crippen molar-refractivity contribution in [1.29, 1.82) is 0 Å². The van der Waals surface area contributed by atoms with Gasteiger partial charge in [0.15, 0.2) is 0 Å². The molecule has 20 heavy (non-hydrogen) atoms. The predicted molar refractivity (Wildman–Crippen MR) is 84.8 cm³/mol. The summed E-state index contributed by atoms with van der Waals surface area (Å²) >= 11 is 0. The Balaban J connectivity index is 1.71. The molecule has 1 aromatic carbocycles. The lowest BCUT2D eigenvalue weighted by atomic mass is 9.93. The minimum atomic E-state index is 0.721. The Morgan fingerprint density at radius 3 is 2.25 bits per heavy atom. The Morgan fingerprint density at radius 1 is 0.950 bits per heavy atom. The highest BCUT2D eigenvalue weighted by Gasteiger charge is 2.28. The van der Waals surface area contributed by atoms with Crippen LogP contribution in [0.4, 0.5) is 0 Å². The minimum absolute atomic E-state index is 0.721. The second kappa shape index (κ2) is 6.73. The van der Waals surface area contributed by atoms with Crippen LogP contribution in [0, 0.1) is 5.92 Å². The fraction of sp³-hybridized carbons (Fsp3) is 0.667. The highest BCUT2D eigenvalue weighted by atomic mass is 15.2. The number of hydrogen-bond donors (Lipinski definition) is 1. The smallest absolute Gasteiger partial charge is 0.0136 e. The average molecular weight is 272 g/mol. The van der Waals surface area contributed by atoms with Crippen LogP contribution in [0.3, 0.4) is 0 Å². The molecule has 1 saturated carbocycles. The minimum Gasteiger partial charge on any atom is -0.330 e. The molecule has 1 heterocycles. The van der Waals surface area contributed by atoms with Crippen molar-refractivity contribution in [3.8, 4) is 0 Å². The Labute approximate surface area is 123 Å². The van der Waals surface area contributed by atoms with Crippen molar-refractivity contribution in [2.45, 2.75) is 51.0 Å². The number of benzene rings is 1. The van der Waals surface area contributed by atoms with Gasteiger partial charge in [-0.1, -0.05) is 43.5 Å². The monoisotopic (exact) mass is 272 g/mol. The molecule has 2 unspecified atom stereocenters.